The second-order valence-corrected chi connectivity index (χ2v) is 8.30. The van der Waals surface area contributed by atoms with E-state index in [0.29, 0.717) is 28.2 Å². The highest BCUT2D eigenvalue weighted by Gasteiger charge is 2.27. The van der Waals surface area contributed by atoms with Crippen LogP contribution in [0.15, 0.2) is 29.6 Å². The smallest absolute Gasteiger partial charge is 0.233 e. The fraction of sp³-hybridized carbons (Fsp3) is 0.476. The number of amides is 1. The molecule has 1 saturated carbocycles. The van der Waals surface area contributed by atoms with Crippen LogP contribution in [0.25, 0.3) is 0 Å². The predicted molar refractivity (Wildman–Crippen MR) is 113 cm³/mol. The van der Waals surface area contributed by atoms with Gasteiger partial charge < -0.3 is 5.32 Å². The molecule has 1 unspecified atom stereocenters. The summed E-state index contributed by atoms with van der Waals surface area (Å²) >= 11 is 7.51. The van der Waals surface area contributed by atoms with E-state index in [9.17, 15) is 9.59 Å². The first-order chi connectivity index (χ1) is 12.5. The molecule has 1 heterocycles. The Morgan fingerprint density at radius 1 is 1.33 bits per heavy atom. The largest absolute Gasteiger partial charge is 0.301 e. The van der Waals surface area contributed by atoms with E-state index in [0.717, 1.165) is 12.0 Å². The van der Waals surface area contributed by atoms with Gasteiger partial charge in [0.25, 0.3) is 0 Å². The van der Waals surface area contributed by atoms with Crippen LogP contribution in [0.4, 0.5) is 5.13 Å². The molecule has 0 radical (unpaired) electrons. The van der Waals surface area contributed by atoms with Gasteiger partial charge in [0.05, 0.1) is 11.6 Å². The van der Waals surface area contributed by atoms with Crippen LogP contribution < -0.4 is 5.32 Å². The van der Waals surface area contributed by atoms with Gasteiger partial charge in [0.15, 0.2) is 5.13 Å². The van der Waals surface area contributed by atoms with E-state index in [2.05, 4.69) is 10.3 Å². The molecule has 0 aliphatic heterocycles. The molecule has 1 amide bonds. The number of aromatic nitrogens is 1. The molecule has 4 nitrogen and oxygen atoms in total. The number of carbonyl (C=O) groups excluding carboxylic acids is 2. The summed E-state index contributed by atoms with van der Waals surface area (Å²) in [5.41, 5.74) is 1.65. The number of anilines is 1. The van der Waals surface area contributed by atoms with Crippen LogP contribution in [0.2, 0.25) is 5.02 Å². The van der Waals surface area contributed by atoms with Gasteiger partial charge in [-0.25, -0.2) is 4.98 Å². The van der Waals surface area contributed by atoms with Gasteiger partial charge >= 0.3 is 0 Å². The lowest BCUT2D eigenvalue weighted by molar-refractivity contribution is -0.118. The van der Waals surface area contributed by atoms with Crippen molar-refractivity contribution in [3.63, 3.8) is 0 Å². The van der Waals surface area contributed by atoms with E-state index in [-0.39, 0.29) is 25.0 Å². The monoisotopic (exact) mass is 406 g/mol. The molecule has 1 aliphatic rings. The molecule has 146 valence electrons. The van der Waals surface area contributed by atoms with Gasteiger partial charge in [-0.1, -0.05) is 56.8 Å². The first kappa shape index (κ1) is 21.6. The van der Waals surface area contributed by atoms with Crippen LogP contribution >= 0.6 is 22.9 Å². The van der Waals surface area contributed by atoms with Gasteiger partial charge in [-0.2, -0.15) is 0 Å². The van der Waals surface area contributed by atoms with E-state index in [1.807, 2.05) is 29.6 Å². The Hall–Kier alpha value is -1.72. The van der Waals surface area contributed by atoms with Crippen molar-refractivity contribution in [2.75, 3.05) is 5.32 Å². The number of hydrogen-bond acceptors (Lipinski definition) is 4. The van der Waals surface area contributed by atoms with Gasteiger partial charge in [-0.3, -0.25) is 9.59 Å². The number of nitrogens with zero attached hydrogens (tertiary/aromatic N) is 1. The zero-order valence-corrected chi connectivity index (χ0v) is 16.4. The van der Waals surface area contributed by atoms with Gasteiger partial charge in [-0.05, 0) is 37.0 Å². The van der Waals surface area contributed by atoms with Crippen molar-refractivity contribution in [2.24, 2.45) is 5.92 Å². The Balaban J connectivity index is 0.00000261. The fourth-order valence-corrected chi connectivity index (χ4v) is 4.50. The molecule has 0 spiro atoms. The number of thiazole rings is 1. The third kappa shape index (κ3) is 6.15. The van der Waals surface area contributed by atoms with E-state index >= 15 is 0 Å². The topological polar surface area (TPSA) is 59.1 Å². The number of carbonyl (C=O) groups is 2. The SMILES string of the molecule is C.CC(=O)Cc1csc(NC(=O)C(CC2CCCC2)c2cccc(Cl)c2)n1. The molecule has 1 N–H and O–H groups in total. The molecular formula is C21H27ClN2O2S. The maximum atomic E-state index is 13.0. The summed E-state index contributed by atoms with van der Waals surface area (Å²) in [4.78, 5) is 28.6. The van der Waals surface area contributed by atoms with Crippen molar-refractivity contribution >= 4 is 39.8 Å². The van der Waals surface area contributed by atoms with Crippen LogP contribution in [0.1, 0.15) is 63.6 Å². The van der Waals surface area contributed by atoms with Crippen LogP contribution in [-0.2, 0) is 16.0 Å². The molecule has 1 aliphatic carbocycles. The summed E-state index contributed by atoms with van der Waals surface area (Å²) in [5.74, 6) is 0.348. The molecule has 0 saturated heterocycles. The van der Waals surface area contributed by atoms with E-state index in [4.69, 9.17) is 11.6 Å². The molecule has 1 atom stereocenters. The third-order valence-corrected chi connectivity index (χ3v) is 5.86. The lowest BCUT2D eigenvalue weighted by atomic mass is 9.87. The predicted octanol–water partition coefficient (Wildman–Crippen LogP) is 5.87. The van der Waals surface area contributed by atoms with Gasteiger partial charge in [0, 0.05) is 16.8 Å². The minimum atomic E-state index is -0.239. The van der Waals surface area contributed by atoms with Gasteiger partial charge in [-0.15, -0.1) is 11.3 Å². The Morgan fingerprint density at radius 2 is 2.07 bits per heavy atom. The Bertz CT molecular complexity index is 784. The zero-order valence-electron chi connectivity index (χ0n) is 14.8. The van der Waals surface area contributed by atoms with Crippen LogP contribution in [0, 0.1) is 5.92 Å². The van der Waals surface area contributed by atoms with E-state index in [1.165, 1.54) is 43.9 Å². The standard InChI is InChI=1S/C20H23ClN2O2S.CH4/c1-13(24)9-17-12-26-20(22-17)23-19(25)18(10-14-5-2-3-6-14)15-7-4-8-16(21)11-15;/h4,7-8,11-12,14,18H,2-3,5-6,9-10H2,1H3,(H,22,23,25);1H4. The highest BCUT2D eigenvalue weighted by molar-refractivity contribution is 7.13. The fourth-order valence-electron chi connectivity index (χ4n) is 3.59. The van der Waals surface area contributed by atoms with Crippen molar-refractivity contribution in [2.45, 2.75) is 58.8 Å². The number of benzene rings is 1. The summed E-state index contributed by atoms with van der Waals surface area (Å²) in [5, 5.41) is 5.95. The molecule has 0 bridgehead atoms. The highest BCUT2D eigenvalue weighted by Crippen LogP contribution is 2.35. The summed E-state index contributed by atoms with van der Waals surface area (Å²) in [6.45, 7) is 1.54. The van der Waals surface area contributed by atoms with Crippen molar-refractivity contribution in [1.29, 1.82) is 0 Å². The van der Waals surface area contributed by atoms with E-state index < -0.39 is 0 Å². The number of hydrogen-bond donors (Lipinski definition) is 1. The number of ketones is 1. The molecule has 27 heavy (non-hydrogen) atoms. The average Bonchev–Trinajstić information content (AvgIpc) is 3.24. The lowest BCUT2D eigenvalue weighted by Gasteiger charge is -2.20. The van der Waals surface area contributed by atoms with Crippen molar-refractivity contribution in [3.8, 4) is 0 Å². The maximum absolute atomic E-state index is 13.0. The highest BCUT2D eigenvalue weighted by atomic mass is 35.5. The van der Waals surface area contributed by atoms with Gasteiger partial charge in [0.1, 0.15) is 5.78 Å². The summed E-state index contributed by atoms with van der Waals surface area (Å²) in [6, 6.07) is 7.56. The molecule has 3 rings (SSSR count). The lowest BCUT2D eigenvalue weighted by Crippen LogP contribution is -2.23. The number of halogens is 1. The zero-order chi connectivity index (χ0) is 18.5. The van der Waals surface area contributed by atoms with Crippen LogP contribution in [-0.4, -0.2) is 16.7 Å². The minimum Gasteiger partial charge on any atom is -0.301 e. The molecule has 1 aromatic heterocycles. The third-order valence-electron chi connectivity index (χ3n) is 4.82. The number of nitrogens with one attached hydrogen (secondary N) is 1. The molecule has 1 aromatic carbocycles. The number of rotatable bonds is 7. The second kappa shape index (κ2) is 10.00. The molecule has 2 aromatic rings. The van der Waals surface area contributed by atoms with Crippen molar-refractivity contribution in [3.05, 3.63) is 45.9 Å². The second-order valence-electron chi connectivity index (χ2n) is 7.01. The van der Waals surface area contributed by atoms with Crippen LogP contribution in [0.5, 0.6) is 0 Å². The van der Waals surface area contributed by atoms with Gasteiger partial charge in [0.2, 0.25) is 5.91 Å². The Labute approximate surface area is 170 Å². The van der Waals surface area contributed by atoms with Crippen LogP contribution in [0.3, 0.4) is 0 Å². The summed E-state index contributed by atoms with van der Waals surface area (Å²) in [6.07, 6.45) is 5.99. The van der Waals surface area contributed by atoms with Crippen molar-refractivity contribution < 1.29 is 9.59 Å². The Kier molecular flexibility index (Phi) is 7.99. The minimum absolute atomic E-state index is 0. The first-order valence-electron chi connectivity index (χ1n) is 9.01. The van der Waals surface area contributed by atoms with Crippen molar-refractivity contribution in [1.82, 2.24) is 4.98 Å². The Morgan fingerprint density at radius 3 is 2.74 bits per heavy atom. The maximum Gasteiger partial charge on any atom is 0.233 e. The normalized spacial score (nSPS) is 15.2. The quantitative estimate of drug-likeness (QED) is 0.625. The first-order valence-corrected chi connectivity index (χ1v) is 10.3. The molecule has 6 heteroatoms. The summed E-state index contributed by atoms with van der Waals surface area (Å²) in [7, 11) is 0. The van der Waals surface area contributed by atoms with E-state index in [1.54, 1.807) is 0 Å². The molecule has 1 fully saturated rings. The summed E-state index contributed by atoms with van der Waals surface area (Å²) < 4.78 is 0. The number of Topliss-reactive ketones (excluding diaryl/α,β-unsaturated/α-hetero) is 1. The molecular weight excluding hydrogens is 380 g/mol. The average molecular weight is 407 g/mol.